The van der Waals surface area contributed by atoms with Crippen LogP contribution in [-0.2, 0) is 0 Å². The van der Waals surface area contributed by atoms with E-state index in [2.05, 4.69) is 72.0 Å². The zero-order chi connectivity index (χ0) is 23.1. The van der Waals surface area contributed by atoms with Crippen molar-refractivity contribution in [3.63, 3.8) is 0 Å². The highest BCUT2D eigenvalue weighted by Crippen LogP contribution is 2.45. The summed E-state index contributed by atoms with van der Waals surface area (Å²) in [6, 6.07) is 26.6. The van der Waals surface area contributed by atoms with Crippen molar-refractivity contribution < 1.29 is 5.11 Å². The molecule has 2 heterocycles. The molecule has 162 valence electrons. The maximum absolute atomic E-state index is 11.8. The van der Waals surface area contributed by atoms with Gasteiger partial charge in [-0.15, -0.1) is 4.91 Å². The maximum atomic E-state index is 11.8. The Bertz CT molecular complexity index is 1940. The zero-order valence-corrected chi connectivity index (χ0v) is 18.8. The first-order valence-corrected chi connectivity index (χ1v) is 11.3. The first-order valence-electron chi connectivity index (χ1n) is 11.3. The lowest BCUT2D eigenvalue weighted by atomic mass is 9.99. The summed E-state index contributed by atoms with van der Waals surface area (Å²) >= 11 is 0. The number of fused-ring (bicyclic) bond motifs is 7. The molecule has 1 N–H and O–H groups in total. The molecule has 2 aromatic heterocycles. The Hall–Kier alpha value is -4.44. The third kappa shape index (κ3) is 2.48. The number of aromatic nitrogens is 1. The summed E-state index contributed by atoms with van der Waals surface area (Å²) in [5.74, 6) is 0.245. The fourth-order valence-corrected chi connectivity index (χ4v) is 5.67. The topological polar surface area (TPSA) is 54.1 Å². The molecule has 0 spiro atoms. The van der Waals surface area contributed by atoms with Crippen LogP contribution in [0.25, 0.3) is 60.0 Å². The van der Waals surface area contributed by atoms with Crippen molar-refractivity contribution in [1.29, 1.82) is 0 Å². The molecule has 0 aliphatic rings. The third-order valence-corrected chi connectivity index (χ3v) is 7.01. The minimum atomic E-state index is 0.245. The Labute approximate surface area is 195 Å². The molecule has 0 aliphatic heterocycles. The fraction of sp³-hybridized carbons (Fsp3) is 0.0667. The van der Waals surface area contributed by atoms with Gasteiger partial charge in [0.1, 0.15) is 11.4 Å². The van der Waals surface area contributed by atoms with Gasteiger partial charge in [-0.25, -0.2) is 0 Å². The van der Waals surface area contributed by atoms with Crippen LogP contribution in [0.2, 0.25) is 0 Å². The molecule has 5 aromatic carbocycles. The molecule has 7 rings (SSSR count). The van der Waals surface area contributed by atoms with Crippen molar-refractivity contribution >= 4 is 54.6 Å². The highest BCUT2D eigenvalue weighted by atomic mass is 16.3. The number of nitrogens with zero attached hydrogens (tertiary/aromatic N) is 2. The lowest BCUT2D eigenvalue weighted by molar-refractivity contribution is 0.476. The number of benzene rings is 5. The van der Waals surface area contributed by atoms with E-state index < -0.39 is 0 Å². The van der Waals surface area contributed by atoms with Gasteiger partial charge in [-0.05, 0) is 83.4 Å². The van der Waals surface area contributed by atoms with E-state index in [-0.39, 0.29) is 5.75 Å². The molecule has 0 bridgehead atoms. The predicted molar refractivity (Wildman–Crippen MR) is 141 cm³/mol. The van der Waals surface area contributed by atoms with Crippen LogP contribution in [0.4, 0.5) is 5.69 Å². The highest BCUT2D eigenvalue weighted by Gasteiger charge is 2.21. The molecule has 0 unspecified atom stereocenters. The molecule has 7 aromatic rings. The van der Waals surface area contributed by atoms with E-state index in [0.717, 1.165) is 54.4 Å². The minimum Gasteiger partial charge on any atom is -0.508 e. The van der Waals surface area contributed by atoms with Crippen LogP contribution in [0.3, 0.4) is 0 Å². The van der Waals surface area contributed by atoms with Crippen molar-refractivity contribution in [2.24, 2.45) is 5.18 Å². The number of phenolic OH excluding ortho intramolecular Hbond substituents is 1. The lowest BCUT2D eigenvalue weighted by Crippen LogP contribution is -1.85. The van der Waals surface area contributed by atoms with E-state index in [4.69, 9.17) is 0 Å². The number of rotatable bonds is 2. The SMILES string of the molecule is Cc1cc(C)cc(-c2ccc3c4c(N=O)ccc5c6cc7ccc(O)cc7cc6n(c3c2)c54)c1. The third-order valence-electron chi connectivity index (χ3n) is 7.01. The monoisotopic (exact) mass is 440 g/mol. The Balaban J connectivity index is 1.69. The molecule has 34 heavy (non-hydrogen) atoms. The Morgan fingerprint density at radius 2 is 1.44 bits per heavy atom. The quantitative estimate of drug-likeness (QED) is 0.275. The van der Waals surface area contributed by atoms with Crippen LogP contribution in [0.5, 0.6) is 5.75 Å². The fourth-order valence-electron chi connectivity index (χ4n) is 5.67. The van der Waals surface area contributed by atoms with E-state index in [0.29, 0.717) is 5.69 Å². The average Bonchev–Trinajstić information content (AvgIpc) is 3.33. The first-order chi connectivity index (χ1) is 16.5. The normalized spacial score (nSPS) is 12.1. The molecular weight excluding hydrogens is 420 g/mol. The van der Waals surface area contributed by atoms with Crippen LogP contribution in [-0.4, -0.2) is 9.51 Å². The average molecular weight is 441 g/mol. The molecule has 0 radical (unpaired) electrons. The molecule has 0 amide bonds. The smallest absolute Gasteiger partial charge is 0.118 e. The van der Waals surface area contributed by atoms with Gasteiger partial charge in [0.05, 0.1) is 16.6 Å². The van der Waals surface area contributed by atoms with Gasteiger partial charge in [0, 0.05) is 21.5 Å². The largest absolute Gasteiger partial charge is 0.508 e. The van der Waals surface area contributed by atoms with Crippen molar-refractivity contribution in [1.82, 2.24) is 4.40 Å². The van der Waals surface area contributed by atoms with Crippen LogP contribution in [0.15, 0.2) is 84.0 Å². The molecule has 4 heteroatoms. The number of phenols is 1. The van der Waals surface area contributed by atoms with Gasteiger partial charge in [0.15, 0.2) is 0 Å². The van der Waals surface area contributed by atoms with Gasteiger partial charge in [0.2, 0.25) is 0 Å². The van der Waals surface area contributed by atoms with E-state index in [1.165, 1.54) is 16.7 Å². The van der Waals surface area contributed by atoms with Crippen LogP contribution >= 0.6 is 0 Å². The molecule has 0 saturated carbocycles. The van der Waals surface area contributed by atoms with Crippen molar-refractivity contribution in [2.45, 2.75) is 13.8 Å². The summed E-state index contributed by atoms with van der Waals surface area (Å²) in [5, 5.41) is 19.6. The molecule has 0 saturated heterocycles. The predicted octanol–water partition coefficient (Wildman–Crippen LogP) is 8.38. The van der Waals surface area contributed by atoms with Gasteiger partial charge in [-0.1, -0.05) is 47.5 Å². The molecule has 4 nitrogen and oxygen atoms in total. The number of hydrogen-bond donors (Lipinski definition) is 1. The van der Waals surface area contributed by atoms with Crippen LogP contribution in [0, 0.1) is 18.8 Å². The Kier molecular flexibility index (Phi) is 3.67. The summed E-state index contributed by atoms with van der Waals surface area (Å²) in [5.41, 5.74) is 8.32. The van der Waals surface area contributed by atoms with E-state index in [9.17, 15) is 10.0 Å². The van der Waals surface area contributed by atoms with Gasteiger partial charge >= 0.3 is 0 Å². The van der Waals surface area contributed by atoms with Gasteiger partial charge in [-0.3, -0.25) is 0 Å². The van der Waals surface area contributed by atoms with Gasteiger partial charge in [-0.2, -0.15) is 0 Å². The number of hydrogen-bond acceptors (Lipinski definition) is 3. The number of aromatic hydroxyl groups is 1. The lowest BCUT2D eigenvalue weighted by Gasteiger charge is -2.07. The number of aryl methyl sites for hydroxylation is 2. The first kappa shape index (κ1) is 19.1. The van der Waals surface area contributed by atoms with E-state index >= 15 is 0 Å². The van der Waals surface area contributed by atoms with E-state index in [1.54, 1.807) is 12.1 Å². The Morgan fingerprint density at radius 1 is 0.676 bits per heavy atom. The standard InChI is InChI=1S/C30H20N2O2/c1-16-9-17(2)11-20(10-16)19-4-6-24-27(14-19)32-28-15-21-12-22(33)5-3-18(21)13-25(28)23-7-8-26(31-34)29(24)30(23)32/h3-15,33H,1-2H3. The summed E-state index contributed by atoms with van der Waals surface area (Å²) in [7, 11) is 0. The number of nitroso groups, excluding NO2 is 1. The van der Waals surface area contributed by atoms with E-state index in [1.807, 2.05) is 18.2 Å². The summed E-state index contributed by atoms with van der Waals surface area (Å²) < 4.78 is 2.25. The second-order valence-corrected chi connectivity index (χ2v) is 9.29. The van der Waals surface area contributed by atoms with Crippen molar-refractivity contribution in [3.8, 4) is 16.9 Å². The van der Waals surface area contributed by atoms with Crippen molar-refractivity contribution in [3.05, 3.63) is 94.9 Å². The van der Waals surface area contributed by atoms with Crippen molar-refractivity contribution in [2.75, 3.05) is 0 Å². The molecule has 0 atom stereocenters. The van der Waals surface area contributed by atoms with Crippen LogP contribution in [0.1, 0.15) is 11.1 Å². The minimum absolute atomic E-state index is 0.245. The summed E-state index contributed by atoms with van der Waals surface area (Å²) in [6.45, 7) is 4.23. The molecular formula is C30H20N2O2. The molecule has 0 aliphatic carbocycles. The van der Waals surface area contributed by atoms with Crippen LogP contribution < -0.4 is 0 Å². The maximum Gasteiger partial charge on any atom is 0.118 e. The second kappa shape index (κ2) is 6.55. The summed E-state index contributed by atoms with van der Waals surface area (Å²) in [4.78, 5) is 11.8. The second-order valence-electron chi connectivity index (χ2n) is 9.29. The Morgan fingerprint density at radius 3 is 2.24 bits per heavy atom. The molecule has 0 fully saturated rings. The highest BCUT2D eigenvalue weighted by molar-refractivity contribution is 6.27. The van der Waals surface area contributed by atoms with Gasteiger partial charge < -0.3 is 9.51 Å². The van der Waals surface area contributed by atoms with Gasteiger partial charge in [0.25, 0.3) is 0 Å². The summed E-state index contributed by atoms with van der Waals surface area (Å²) in [6.07, 6.45) is 0. The zero-order valence-electron chi connectivity index (χ0n) is 18.8.